The second-order valence-corrected chi connectivity index (χ2v) is 9.44. The van der Waals surface area contributed by atoms with E-state index in [2.05, 4.69) is 20.5 Å². The lowest BCUT2D eigenvalue weighted by atomic mass is 10.2. The van der Waals surface area contributed by atoms with E-state index in [1.807, 2.05) is 13.8 Å². The fraction of sp³-hybridized carbons (Fsp3) is 0.565. The van der Waals surface area contributed by atoms with Gasteiger partial charge in [0.2, 0.25) is 11.8 Å². The number of hydrogen-bond donors (Lipinski definition) is 2. The van der Waals surface area contributed by atoms with E-state index in [0.29, 0.717) is 23.9 Å². The zero-order valence-corrected chi connectivity index (χ0v) is 20.6. The molecule has 0 atom stereocenters. The van der Waals surface area contributed by atoms with Crippen molar-refractivity contribution in [1.82, 2.24) is 20.1 Å². The molecule has 1 aliphatic rings. The van der Waals surface area contributed by atoms with Crippen molar-refractivity contribution in [2.24, 2.45) is 5.92 Å². The van der Waals surface area contributed by atoms with Crippen LogP contribution in [-0.4, -0.2) is 85.0 Å². The normalized spacial score (nSPS) is 14.2. The van der Waals surface area contributed by atoms with Crippen molar-refractivity contribution in [1.29, 1.82) is 0 Å². The van der Waals surface area contributed by atoms with Crippen LogP contribution < -0.4 is 10.6 Å². The lowest BCUT2D eigenvalue weighted by Gasteiger charge is -2.26. The molecule has 2 aromatic heterocycles. The molecule has 1 saturated heterocycles. The molecule has 11 heteroatoms. The van der Waals surface area contributed by atoms with Gasteiger partial charge in [0.05, 0.1) is 31.6 Å². The number of aromatic nitrogens is 1. The van der Waals surface area contributed by atoms with Crippen molar-refractivity contribution in [3.63, 3.8) is 0 Å². The molecule has 0 aliphatic carbocycles. The number of hydrogen-bond acceptors (Lipinski definition) is 8. The van der Waals surface area contributed by atoms with Crippen molar-refractivity contribution in [2.45, 2.75) is 26.7 Å². The molecule has 0 aromatic carbocycles. The van der Waals surface area contributed by atoms with Gasteiger partial charge in [-0.3, -0.25) is 19.3 Å². The summed E-state index contributed by atoms with van der Waals surface area (Å²) in [4.78, 5) is 45.5. The Morgan fingerprint density at radius 2 is 2.03 bits per heavy atom. The summed E-state index contributed by atoms with van der Waals surface area (Å²) in [5.41, 5.74) is 0.594. The van der Waals surface area contributed by atoms with E-state index in [-0.39, 0.29) is 42.4 Å². The molecule has 0 unspecified atom stereocenters. The fourth-order valence-corrected chi connectivity index (χ4v) is 4.30. The lowest BCUT2D eigenvalue weighted by Crippen LogP contribution is -2.40. The minimum Gasteiger partial charge on any atom is -0.459 e. The second kappa shape index (κ2) is 13.2. The predicted molar refractivity (Wildman–Crippen MR) is 129 cm³/mol. The Morgan fingerprint density at radius 1 is 1.24 bits per heavy atom. The molecule has 3 heterocycles. The Hall–Kier alpha value is -2.76. The topological polar surface area (TPSA) is 117 Å². The first kappa shape index (κ1) is 25.9. The number of carbonyl (C=O) groups is 3. The highest BCUT2D eigenvalue weighted by molar-refractivity contribution is 7.13. The van der Waals surface area contributed by atoms with Gasteiger partial charge in [-0.2, -0.15) is 0 Å². The summed E-state index contributed by atoms with van der Waals surface area (Å²) >= 11 is 1.25. The molecule has 0 spiro atoms. The van der Waals surface area contributed by atoms with Crippen molar-refractivity contribution >= 4 is 34.2 Å². The molecule has 1 aliphatic heterocycles. The van der Waals surface area contributed by atoms with Gasteiger partial charge in [0.15, 0.2) is 10.9 Å². The Bertz CT molecular complexity index is 924. The van der Waals surface area contributed by atoms with E-state index in [4.69, 9.17) is 9.15 Å². The average Bonchev–Trinajstić information content (AvgIpc) is 3.49. The first-order chi connectivity index (χ1) is 16.4. The number of ether oxygens (including phenoxy) is 1. The number of amides is 3. The van der Waals surface area contributed by atoms with Crippen LogP contribution >= 0.6 is 11.3 Å². The monoisotopic (exact) mass is 491 g/mol. The number of carbonyl (C=O) groups excluding carboxylic acids is 3. The standard InChI is InChI=1S/C23H33N5O5S/c1-17(2)14-28(22(31)19-5-3-10-33-19)15-21(30)26-23-25-18(16-34-23)13-20(29)24-6-4-7-27-8-11-32-12-9-27/h3,5,10,16-17H,4,6-9,11-15H2,1-2H3,(H,24,29)(H,25,26,30). The van der Waals surface area contributed by atoms with Crippen LogP contribution in [0.4, 0.5) is 5.13 Å². The van der Waals surface area contributed by atoms with Crippen LogP contribution in [-0.2, 0) is 20.7 Å². The molecular weight excluding hydrogens is 458 g/mol. The predicted octanol–water partition coefficient (Wildman–Crippen LogP) is 1.85. The average molecular weight is 492 g/mol. The highest BCUT2D eigenvalue weighted by atomic mass is 32.1. The van der Waals surface area contributed by atoms with Crippen molar-refractivity contribution in [2.75, 3.05) is 57.8 Å². The number of thiazole rings is 1. The van der Waals surface area contributed by atoms with Crippen LogP contribution in [0, 0.1) is 5.92 Å². The zero-order valence-electron chi connectivity index (χ0n) is 19.7. The Balaban J connectivity index is 1.41. The molecular formula is C23H33N5O5S. The lowest BCUT2D eigenvalue weighted by molar-refractivity contribution is -0.120. The van der Waals surface area contributed by atoms with Gasteiger partial charge in [-0.1, -0.05) is 13.8 Å². The first-order valence-corrected chi connectivity index (χ1v) is 12.4. The van der Waals surface area contributed by atoms with Gasteiger partial charge in [0.25, 0.3) is 5.91 Å². The van der Waals surface area contributed by atoms with Crippen LogP contribution in [0.5, 0.6) is 0 Å². The molecule has 0 saturated carbocycles. The zero-order chi connectivity index (χ0) is 24.3. The van der Waals surface area contributed by atoms with E-state index in [9.17, 15) is 14.4 Å². The van der Waals surface area contributed by atoms with Gasteiger partial charge < -0.3 is 24.7 Å². The minimum atomic E-state index is -0.353. The van der Waals surface area contributed by atoms with E-state index in [0.717, 1.165) is 39.3 Å². The van der Waals surface area contributed by atoms with Crippen molar-refractivity contribution < 1.29 is 23.5 Å². The van der Waals surface area contributed by atoms with Gasteiger partial charge in [-0.15, -0.1) is 11.3 Å². The largest absolute Gasteiger partial charge is 0.459 e. The summed E-state index contributed by atoms with van der Waals surface area (Å²) < 4.78 is 10.5. The third-order valence-electron chi connectivity index (χ3n) is 5.16. The molecule has 0 bridgehead atoms. The summed E-state index contributed by atoms with van der Waals surface area (Å²) in [5, 5.41) is 7.79. The molecule has 34 heavy (non-hydrogen) atoms. The quantitative estimate of drug-likeness (QED) is 0.435. The van der Waals surface area contributed by atoms with Crippen molar-refractivity contribution in [3.05, 3.63) is 35.2 Å². The Labute approximate surface area is 203 Å². The Kier molecular flexibility index (Phi) is 10.0. The summed E-state index contributed by atoms with van der Waals surface area (Å²) in [6.45, 7) is 9.21. The highest BCUT2D eigenvalue weighted by Crippen LogP contribution is 2.16. The molecule has 1 fully saturated rings. The summed E-state index contributed by atoms with van der Waals surface area (Å²) in [6.07, 6.45) is 2.46. The number of nitrogens with zero attached hydrogens (tertiary/aromatic N) is 3. The Morgan fingerprint density at radius 3 is 2.74 bits per heavy atom. The SMILES string of the molecule is CC(C)CN(CC(=O)Nc1nc(CC(=O)NCCCN2CCOCC2)cs1)C(=O)c1ccco1. The number of nitrogens with one attached hydrogen (secondary N) is 2. The summed E-state index contributed by atoms with van der Waals surface area (Å²) in [7, 11) is 0. The fourth-order valence-electron chi connectivity index (χ4n) is 3.58. The number of rotatable bonds is 12. The molecule has 0 radical (unpaired) electrons. The van der Waals surface area contributed by atoms with Gasteiger partial charge in [0, 0.05) is 31.6 Å². The van der Waals surface area contributed by atoms with Gasteiger partial charge in [-0.05, 0) is 31.0 Å². The summed E-state index contributed by atoms with van der Waals surface area (Å²) in [5.74, 6) is -0.406. The van der Waals surface area contributed by atoms with Gasteiger partial charge in [0.1, 0.15) is 6.54 Å². The van der Waals surface area contributed by atoms with Crippen LogP contribution in [0.3, 0.4) is 0 Å². The van der Waals surface area contributed by atoms with E-state index in [1.165, 1.54) is 22.5 Å². The van der Waals surface area contributed by atoms with E-state index in [1.54, 1.807) is 17.5 Å². The summed E-state index contributed by atoms with van der Waals surface area (Å²) in [6, 6.07) is 3.21. The molecule has 2 N–H and O–H groups in total. The maximum absolute atomic E-state index is 12.6. The number of morpholine rings is 1. The van der Waals surface area contributed by atoms with E-state index >= 15 is 0 Å². The van der Waals surface area contributed by atoms with Gasteiger partial charge in [-0.25, -0.2) is 4.98 Å². The third kappa shape index (κ3) is 8.54. The van der Waals surface area contributed by atoms with Crippen LogP contribution in [0.25, 0.3) is 0 Å². The maximum atomic E-state index is 12.6. The van der Waals surface area contributed by atoms with Crippen molar-refractivity contribution in [3.8, 4) is 0 Å². The first-order valence-electron chi connectivity index (χ1n) is 11.5. The highest BCUT2D eigenvalue weighted by Gasteiger charge is 2.22. The minimum absolute atomic E-state index is 0.0997. The van der Waals surface area contributed by atoms with Crippen LogP contribution in [0.2, 0.25) is 0 Å². The molecule has 3 rings (SSSR count). The van der Waals surface area contributed by atoms with Crippen LogP contribution in [0.15, 0.2) is 28.2 Å². The van der Waals surface area contributed by atoms with E-state index < -0.39 is 0 Å². The second-order valence-electron chi connectivity index (χ2n) is 8.58. The smallest absolute Gasteiger partial charge is 0.290 e. The number of furan rings is 1. The molecule has 2 aromatic rings. The molecule has 186 valence electrons. The van der Waals surface area contributed by atoms with Gasteiger partial charge >= 0.3 is 0 Å². The number of anilines is 1. The maximum Gasteiger partial charge on any atom is 0.290 e. The molecule has 3 amide bonds. The van der Waals surface area contributed by atoms with Crippen LogP contribution in [0.1, 0.15) is 36.5 Å². The third-order valence-corrected chi connectivity index (χ3v) is 5.96. The molecule has 10 nitrogen and oxygen atoms in total.